The van der Waals surface area contributed by atoms with Gasteiger partial charge in [0, 0.05) is 6.54 Å². The lowest BCUT2D eigenvalue weighted by atomic mass is 9.77. The monoisotopic (exact) mass is 355 g/mol. The molecule has 1 aromatic rings. The molecule has 3 heterocycles. The summed E-state index contributed by atoms with van der Waals surface area (Å²) in [6.45, 7) is 5.52. The maximum absolute atomic E-state index is 13.1. The number of hydrogen-bond donors (Lipinski definition) is 0. The molecule has 5 nitrogen and oxygen atoms in total. The van der Waals surface area contributed by atoms with Crippen molar-refractivity contribution < 1.29 is 19.1 Å². The number of carbonyl (C=O) groups excluding carboxylic acids is 2. The maximum atomic E-state index is 13.1. The number of likely N-dealkylation sites (tertiary alicyclic amines) is 1. The number of nitrogens with zero attached hydrogens (tertiary/aromatic N) is 1. The van der Waals surface area contributed by atoms with Gasteiger partial charge in [0.2, 0.25) is 5.91 Å². The Morgan fingerprint density at radius 1 is 1.35 bits per heavy atom. The summed E-state index contributed by atoms with van der Waals surface area (Å²) in [5.41, 5.74) is 0.545. The number of amides is 1. The van der Waals surface area contributed by atoms with Crippen molar-refractivity contribution in [1.82, 2.24) is 4.90 Å². The first-order chi connectivity index (χ1) is 12.5. The first-order valence-corrected chi connectivity index (χ1v) is 9.37. The minimum atomic E-state index is -0.653. The summed E-state index contributed by atoms with van der Waals surface area (Å²) in [5.74, 6) is -0.997. The molecule has 26 heavy (non-hydrogen) atoms. The second-order valence-electron chi connectivity index (χ2n) is 7.92. The molecule has 3 aliphatic heterocycles. The van der Waals surface area contributed by atoms with Crippen molar-refractivity contribution in [3.05, 3.63) is 48.0 Å². The van der Waals surface area contributed by atoms with Gasteiger partial charge in [0.05, 0.1) is 25.2 Å². The maximum Gasteiger partial charge on any atom is 0.312 e. The SMILES string of the molecule is CC(C)COC(=O)[C@@H]1[C@@H]2C=C[C@@]3(CN(CCc4ccccc4)C(=O)[C@H]13)O2. The van der Waals surface area contributed by atoms with E-state index in [4.69, 9.17) is 9.47 Å². The molecule has 0 radical (unpaired) electrons. The number of fused-ring (bicyclic) bond motifs is 1. The van der Waals surface area contributed by atoms with Crippen LogP contribution in [0.5, 0.6) is 0 Å². The summed E-state index contributed by atoms with van der Waals surface area (Å²) >= 11 is 0. The Labute approximate surface area is 154 Å². The van der Waals surface area contributed by atoms with E-state index < -0.39 is 17.4 Å². The highest BCUT2D eigenvalue weighted by Gasteiger charge is 2.67. The van der Waals surface area contributed by atoms with Crippen LogP contribution in [0.1, 0.15) is 19.4 Å². The van der Waals surface area contributed by atoms with Gasteiger partial charge in [-0.2, -0.15) is 0 Å². The topological polar surface area (TPSA) is 55.8 Å². The fourth-order valence-electron chi connectivity index (χ4n) is 4.29. The molecule has 4 atom stereocenters. The zero-order valence-corrected chi connectivity index (χ0v) is 15.3. The van der Waals surface area contributed by atoms with Crippen LogP contribution in [0.25, 0.3) is 0 Å². The van der Waals surface area contributed by atoms with Gasteiger partial charge in [0.1, 0.15) is 11.5 Å². The highest BCUT2D eigenvalue weighted by Crippen LogP contribution is 2.52. The molecule has 0 unspecified atom stereocenters. The van der Waals surface area contributed by atoms with Gasteiger partial charge in [0.15, 0.2) is 0 Å². The number of ether oxygens (including phenoxy) is 2. The summed E-state index contributed by atoms with van der Waals surface area (Å²) in [7, 11) is 0. The fourth-order valence-corrected chi connectivity index (χ4v) is 4.29. The van der Waals surface area contributed by atoms with Gasteiger partial charge in [-0.05, 0) is 17.9 Å². The van der Waals surface area contributed by atoms with E-state index in [2.05, 4.69) is 12.1 Å². The molecular formula is C21H25NO4. The molecule has 0 saturated carbocycles. The van der Waals surface area contributed by atoms with Gasteiger partial charge in [-0.1, -0.05) is 56.3 Å². The standard InChI is InChI=1S/C21H25NO4/c1-14(2)12-25-20(24)17-16-8-10-21(26-16)13-22(19(23)18(17)21)11-9-15-6-4-3-5-7-15/h3-8,10,14,16-18H,9,11-13H2,1-2H3/t16-,17+,18-,21-/m0/s1. The first kappa shape index (κ1) is 17.3. The zero-order chi connectivity index (χ0) is 18.3. The Kier molecular flexibility index (Phi) is 4.35. The molecule has 0 aliphatic carbocycles. The van der Waals surface area contributed by atoms with E-state index in [1.54, 1.807) is 0 Å². The highest BCUT2D eigenvalue weighted by atomic mass is 16.6. The third-order valence-electron chi connectivity index (χ3n) is 5.52. The summed E-state index contributed by atoms with van der Waals surface area (Å²) < 4.78 is 11.5. The van der Waals surface area contributed by atoms with E-state index in [9.17, 15) is 9.59 Å². The van der Waals surface area contributed by atoms with Crippen LogP contribution in [0, 0.1) is 17.8 Å². The van der Waals surface area contributed by atoms with Crippen LogP contribution >= 0.6 is 0 Å². The Morgan fingerprint density at radius 3 is 2.85 bits per heavy atom. The summed E-state index contributed by atoms with van der Waals surface area (Å²) in [6, 6.07) is 10.1. The van der Waals surface area contributed by atoms with Crippen molar-refractivity contribution in [3.63, 3.8) is 0 Å². The third-order valence-corrected chi connectivity index (χ3v) is 5.52. The van der Waals surface area contributed by atoms with Crippen LogP contribution in [0.3, 0.4) is 0 Å². The molecule has 1 spiro atoms. The Balaban J connectivity index is 1.47. The number of esters is 1. The smallest absolute Gasteiger partial charge is 0.312 e. The van der Waals surface area contributed by atoms with E-state index in [0.29, 0.717) is 19.7 Å². The predicted molar refractivity (Wildman–Crippen MR) is 96.2 cm³/mol. The van der Waals surface area contributed by atoms with E-state index in [1.807, 2.05) is 49.1 Å². The quantitative estimate of drug-likeness (QED) is 0.580. The Morgan fingerprint density at radius 2 is 2.12 bits per heavy atom. The number of benzene rings is 1. The van der Waals surface area contributed by atoms with Gasteiger partial charge >= 0.3 is 5.97 Å². The third kappa shape index (κ3) is 2.84. The molecule has 2 saturated heterocycles. The molecular weight excluding hydrogens is 330 g/mol. The Hall–Kier alpha value is -2.14. The minimum absolute atomic E-state index is 0.0132. The number of rotatable bonds is 6. The molecule has 0 N–H and O–H groups in total. The highest BCUT2D eigenvalue weighted by molar-refractivity contribution is 5.91. The van der Waals surface area contributed by atoms with Crippen LogP contribution in [-0.2, 0) is 25.5 Å². The molecule has 2 fully saturated rings. The van der Waals surface area contributed by atoms with E-state index in [-0.39, 0.29) is 23.9 Å². The van der Waals surface area contributed by atoms with Crippen LogP contribution in [-0.4, -0.2) is 48.2 Å². The van der Waals surface area contributed by atoms with Crippen LogP contribution < -0.4 is 0 Å². The van der Waals surface area contributed by atoms with Gasteiger partial charge < -0.3 is 14.4 Å². The first-order valence-electron chi connectivity index (χ1n) is 9.37. The van der Waals surface area contributed by atoms with Crippen LogP contribution in [0.15, 0.2) is 42.5 Å². The second kappa shape index (κ2) is 6.54. The number of hydrogen-bond acceptors (Lipinski definition) is 4. The molecule has 1 aromatic carbocycles. The summed E-state index contributed by atoms with van der Waals surface area (Å²) in [5, 5.41) is 0. The van der Waals surface area contributed by atoms with Crippen molar-refractivity contribution in [2.75, 3.05) is 19.7 Å². The number of carbonyl (C=O) groups is 2. The van der Waals surface area contributed by atoms with Gasteiger partial charge in [-0.25, -0.2) is 0 Å². The predicted octanol–water partition coefficient (Wildman–Crippen LogP) is 2.21. The van der Waals surface area contributed by atoms with Gasteiger partial charge in [-0.15, -0.1) is 0 Å². The van der Waals surface area contributed by atoms with E-state index in [1.165, 1.54) is 5.56 Å². The van der Waals surface area contributed by atoms with E-state index in [0.717, 1.165) is 6.42 Å². The molecule has 138 valence electrons. The van der Waals surface area contributed by atoms with Crippen LogP contribution in [0.2, 0.25) is 0 Å². The average molecular weight is 355 g/mol. The lowest BCUT2D eigenvalue weighted by molar-refractivity contribution is -0.154. The molecule has 1 amide bonds. The van der Waals surface area contributed by atoms with Gasteiger partial charge in [0.25, 0.3) is 0 Å². The van der Waals surface area contributed by atoms with Crippen molar-refractivity contribution >= 4 is 11.9 Å². The molecule has 0 aromatic heterocycles. The second-order valence-corrected chi connectivity index (χ2v) is 7.92. The summed E-state index contributed by atoms with van der Waals surface area (Å²) in [4.78, 5) is 27.5. The van der Waals surface area contributed by atoms with Crippen molar-refractivity contribution in [2.24, 2.45) is 17.8 Å². The average Bonchev–Trinajstić information content (AvgIpc) is 3.27. The lowest BCUT2D eigenvalue weighted by Crippen LogP contribution is -2.40. The normalized spacial score (nSPS) is 31.7. The largest absolute Gasteiger partial charge is 0.465 e. The van der Waals surface area contributed by atoms with Crippen LogP contribution in [0.4, 0.5) is 0 Å². The van der Waals surface area contributed by atoms with Crippen molar-refractivity contribution in [2.45, 2.75) is 32.0 Å². The lowest BCUT2D eigenvalue weighted by Gasteiger charge is -2.23. The molecule has 2 bridgehead atoms. The van der Waals surface area contributed by atoms with Gasteiger partial charge in [-0.3, -0.25) is 9.59 Å². The molecule has 5 heteroatoms. The molecule has 3 aliphatic rings. The minimum Gasteiger partial charge on any atom is -0.465 e. The fraction of sp³-hybridized carbons (Fsp3) is 0.524. The van der Waals surface area contributed by atoms with E-state index >= 15 is 0 Å². The van der Waals surface area contributed by atoms with Crippen molar-refractivity contribution in [1.29, 1.82) is 0 Å². The Bertz CT molecular complexity index is 729. The zero-order valence-electron chi connectivity index (χ0n) is 15.3. The summed E-state index contributed by atoms with van der Waals surface area (Å²) in [6.07, 6.45) is 4.37. The van der Waals surface area contributed by atoms with Crippen molar-refractivity contribution in [3.8, 4) is 0 Å². The molecule has 4 rings (SSSR count).